The fraction of sp³-hybridized carbons (Fsp3) is 0.200. The minimum atomic E-state index is -3.76. The molecule has 66 valence electrons. The van der Waals surface area contributed by atoms with Crippen molar-refractivity contribution in [1.82, 2.24) is 9.97 Å². The third kappa shape index (κ3) is 1.83. The fourth-order valence-corrected chi connectivity index (χ4v) is 1.74. The minimum absolute atomic E-state index is 0.0246. The molecule has 0 saturated carbocycles. The summed E-state index contributed by atoms with van der Waals surface area (Å²) in [4.78, 5) is 7.04. The lowest BCUT2D eigenvalue weighted by Gasteiger charge is -1.99. The molecule has 1 aromatic rings. The van der Waals surface area contributed by atoms with Crippen LogP contribution in [0.25, 0.3) is 0 Å². The number of halogens is 1. The molecule has 0 bridgehead atoms. The van der Waals surface area contributed by atoms with Crippen LogP contribution >= 0.6 is 10.7 Å². The van der Waals surface area contributed by atoms with Crippen molar-refractivity contribution >= 4 is 25.7 Å². The molecular weight excluding hydrogens is 202 g/mol. The van der Waals surface area contributed by atoms with E-state index in [0.717, 1.165) is 6.20 Å². The first-order valence-electron chi connectivity index (χ1n) is 2.95. The Labute approximate surface area is 74.0 Å². The van der Waals surface area contributed by atoms with Gasteiger partial charge in [-0.25, -0.2) is 18.4 Å². The van der Waals surface area contributed by atoms with Gasteiger partial charge in [-0.15, -0.1) is 0 Å². The summed E-state index contributed by atoms with van der Waals surface area (Å²) in [5, 5.41) is 0. The molecule has 0 aliphatic rings. The maximum atomic E-state index is 10.8. The van der Waals surface area contributed by atoms with Crippen molar-refractivity contribution in [3.05, 3.63) is 11.9 Å². The Morgan fingerprint density at radius 3 is 2.58 bits per heavy atom. The van der Waals surface area contributed by atoms with Gasteiger partial charge in [0.25, 0.3) is 9.05 Å². The van der Waals surface area contributed by atoms with Crippen LogP contribution in [0.2, 0.25) is 0 Å². The molecule has 1 aromatic heterocycles. The van der Waals surface area contributed by atoms with Crippen LogP contribution in [0, 0.1) is 6.92 Å². The Morgan fingerprint density at radius 2 is 2.17 bits per heavy atom. The highest BCUT2D eigenvalue weighted by Gasteiger charge is 2.14. The van der Waals surface area contributed by atoms with Crippen LogP contribution in [0.15, 0.2) is 11.1 Å². The fourth-order valence-electron chi connectivity index (χ4n) is 0.713. The molecule has 7 heteroatoms. The lowest BCUT2D eigenvalue weighted by molar-refractivity contribution is 0.608. The Bertz CT molecular complexity index is 403. The minimum Gasteiger partial charge on any atom is -0.368 e. The maximum absolute atomic E-state index is 10.8. The zero-order chi connectivity index (χ0) is 9.35. The van der Waals surface area contributed by atoms with Gasteiger partial charge in [0.2, 0.25) is 5.95 Å². The van der Waals surface area contributed by atoms with Gasteiger partial charge >= 0.3 is 0 Å². The number of aryl methyl sites for hydroxylation is 1. The van der Waals surface area contributed by atoms with Crippen LogP contribution < -0.4 is 5.73 Å². The van der Waals surface area contributed by atoms with Crippen molar-refractivity contribution in [3.8, 4) is 0 Å². The largest absolute Gasteiger partial charge is 0.368 e. The Balaban J connectivity index is 3.39. The number of nitrogen functional groups attached to an aromatic ring is 1. The highest BCUT2D eigenvalue weighted by molar-refractivity contribution is 8.13. The summed E-state index contributed by atoms with van der Waals surface area (Å²) in [6, 6.07) is 0. The summed E-state index contributed by atoms with van der Waals surface area (Å²) in [6.07, 6.45) is 1.08. The predicted octanol–water partition coefficient (Wildman–Crippen LogP) is 0.295. The highest BCUT2D eigenvalue weighted by atomic mass is 35.7. The summed E-state index contributed by atoms with van der Waals surface area (Å²) in [7, 11) is 1.31. The quantitative estimate of drug-likeness (QED) is 0.670. The van der Waals surface area contributed by atoms with Crippen LogP contribution in [0.1, 0.15) is 5.69 Å². The van der Waals surface area contributed by atoms with Crippen LogP contribution in [0.3, 0.4) is 0 Å². The van der Waals surface area contributed by atoms with Crippen molar-refractivity contribution < 1.29 is 8.42 Å². The molecule has 0 aromatic carbocycles. The van der Waals surface area contributed by atoms with Gasteiger partial charge in [0.1, 0.15) is 4.90 Å². The average Bonchev–Trinajstić information content (AvgIpc) is 1.83. The van der Waals surface area contributed by atoms with Gasteiger partial charge in [0.05, 0.1) is 11.9 Å². The van der Waals surface area contributed by atoms with Crippen molar-refractivity contribution in [3.63, 3.8) is 0 Å². The van der Waals surface area contributed by atoms with E-state index in [-0.39, 0.29) is 16.5 Å². The third-order valence-corrected chi connectivity index (χ3v) is 2.64. The van der Waals surface area contributed by atoms with E-state index in [4.69, 9.17) is 16.4 Å². The molecule has 0 atom stereocenters. The summed E-state index contributed by atoms with van der Waals surface area (Å²) in [5.74, 6) is 0.0246. The summed E-state index contributed by atoms with van der Waals surface area (Å²) >= 11 is 0. The topological polar surface area (TPSA) is 85.9 Å². The summed E-state index contributed by atoms with van der Waals surface area (Å²) < 4.78 is 21.6. The number of anilines is 1. The summed E-state index contributed by atoms with van der Waals surface area (Å²) in [5.41, 5.74) is 5.46. The van der Waals surface area contributed by atoms with E-state index in [1.54, 1.807) is 0 Å². The molecule has 2 N–H and O–H groups in total. The molecule has 0 amide bonds. The Hall–Kier alpha value is -0.880. The molecule has 0 spiro atoms. The Morgan fingerprint density at radius 1 is 1.58 bits per heavy atom. The van der Waals surface area contributed by atoms with Gasteiger partial charge < -0.3 is 5.73 Å². The predicted molar refractivity (Wildman–Crippen MR) is 44.2 cm³/mol. The normalized spacial score (nSPS) is 11.5. The number of hydrogen-bond acceptors (Lipinski definition) is 5. The molecule has 0 radical (unpaired) electrons. The smallest absolute Gasteiger partial charge is 0.264 e. The number of hydrogen-bond donors (Lipinski definition) is 1. The lowest BCUT2D eigenvalue weighted by atomic mass is 10.4. The lowest BCUT2D eigenvalue weighted by Crippen LogP contribution is -2.02. The van der Waals surface area contributed by atoms with E-state index in [2.05, 4.69) is 9.97 Å². The molecule has 0 aliphatic heterocycles. The second-order valence-electron chi connectivity index (χ2n) is 2.12. The standard InChI is InChI=1S/C5H6ClN3O2S/c1-3-4(12(6,10)11)2-8-5(7)9-3/h2H,1H3,(H2,7,8,9). The highest BCUT2D eigenvalue weighted by Crippen LogP contribution is 2.16. The van der Waals surface area contributed by atoms with Crippen LogP contribution in [-0.4, -0.2) is 18.4 Å². The first-order chi connectivity index (χ1) is 5.41. The second kappa shape index (κ2) is 2.87. The number of rotatable bonds is 1. The van der Waals surface area contributed by atoms with Crippen molar-refractivity contribution in [1.29, 1.82) is 0 Å². The van der Waals surface area contributed by atoms with Gasteiger partial charge in [-0.2, -0.15) is 0 Å². The molecule has 0 unspecified atom stereocenters. The van der Waals surface area contributed by atoms with Gasteiger partial charge in [0.15, 0.2) is 0 Å². The maximum Gasteiger partial charge on any atom is 0.264 e. The van der Waals surface area contributed by atoms with Crippen molar-refractivity contribution in [2.24, 2.45) is 0 Å². The van der Waals surface area contributed by atoms with Crippen molar-refractivity contribution in [2.75, 3.05) is 5.73 Å². The second-order valence-corrected chi connectivity index (χ2v) is 4.65. The van der Waals surface area contributed by atoms with Gasteiger partial charge in [-0.05, 0) is 6.92 Å². The van der Waals surface area contributed by atoms with Gasteiger partial charge in [-0.3, -0.25) is 0 Å². The van der Waals surface area contributed by atoms with Crippen LogP contribution in [0.5, 0.6) is 0 Å². The van der Waals surface area contributed by atoms with Crippen LogP contribution in [-0.2, 0) is 9.05 Å². The molecule has 0 saturated heterocycles. The monoisotopic (exact) mass is 207 g/mol. The summed E-state index contributed by atoms with van der Waals surface area (Å²) in [6.45, 7) is 1.49. The SMILES string of the molecule is Cc1nc(N)ncc1S(=O)(=O)Cl. The third-order valence-electron chi connectivity index (χ3n) is 1.22. The molecule has 5 nitrogen and oxygen atoms in total. The first-order valence-corrected chi connectivity index (χ1v) is 5.26. The van der Waals surface area contributed by atoms with E-state index in [1.165, 1.54) is 6.92 Å². The van der Waals surface area contributed by atoms with Crippen LogP contribution in [0.4, 0.5) is 5.95 Å². The molecule has 0 aliphatic carbocycles. The van der Waals surface area contributed by atoms with E-state index >= 15 is 0 Å². The molecule has 12 heavy (non-hydrogen) atoms. The van der Waals surface area contributed by atoms with Gasteiger partial charge in [0, 0.05) is 10.7 Å². The number of aromatic nitrogens is 2. The zero-order valence-electron chi connectivity index (χ0n) is 6.15. The number of nitrogens with two attached hydrogens (primary N) is 1. The van der Waals surface area contributed by atoms with E-state index in [1.807, 2.05) is 0 Å². The first kappa shape index (κ1) is 9.21. The molecule has 1 rings (SSSR count). The molecule has 1 heterocycles. The van der Waals surface area contributed by atoms with E-state index in [0.29, 0.717) is 0 Å². The molecule has 0 fully saturated rings. The van der Waals surface area contributed by atoms with E-state index in [9.17, 15) is 8.42 Å². The average molecular weight is 208 g/mol. The molecular formula is C5H6ClN3O2S. The van der Waals surface area contributed by atoms with E-state index < -0.39 is 9.05 Å². The Kier molecular flexibility index (Phi) is 2.20. The number of nitrogens with zero attached hydrogens (tertiary/aromatic N) is 2. The van der Waals surface area contributed by atoms with Crippen molar-refractivity contribution in [2.45, 2.75) is 11.8 Å². The zero-order valence-corrected chi connectivity index (χ0v) is 7.72. The van der Waals surface area contributed by atoms with Gasteiger partial charge in [-0.1, -0.05) is 0 Å².